The minimum atomic E-state index is -0.620. The zero-order valence-corrected chi connectivity index (χ0v) is 18.1. The Hall–Kier alpha value is -2.25. The summed E-state index contributed by atoms with van der Waals surface area (Å²) >= 11 is 1.55. The van der Waals surface area contributed by atoms with Crippen molar-refractivity contribution < 1.29 is 19.1 Å². The molecule has 1 aliphatic heterocycles. The summed E-state index contributed by atoms with van der Waals surface area (Å²) in [5.74, 6) is -0.323. The van der Waals surface area contributed by atoms with Crippen LogP contribution < -0.4 is 0 Å². The topological polar surface area (TPSA) is 68.7 Å². The first-order chi connectivity index (χ1) is 13.9. The van der Waals surface area contributed by atoms with Crippen molar-refractivity contribution in [1.82, 2.24) is 9.88 Å². The lowest BCUT2D eigenvalue weighted by Gasteiger charge is -2.31. The average molecular weight is 417 g/mol. The SMILES string of the molecule is CCOC(=O)[C@H](Cc1csc(-c2ccccc2)n1)N1C(C)OC(=O)[C@@H]1CC(C)C. The van der Waals surface area contributed by atoms with Crippen molar-refractivity contribution >= 4 is 23.3 Å². The van der Waals surface area contributed by atoms with Crippen LogP contribution in [0.2, 0.25) is 0 Å². The number of nitrogens with zero attached hydrogens (tertiary/aromatic N) is 2. The predicted octanol–water partition coefficient (Wildman–Crippen LogP) is 3.90. The van der Waals surface area contributed by atoms with Crippen molar-refractivity contribution in [2.45, 2.75) is 58.8 Å². The molecule has 1 aromatic carbocycles. The van der Waals surface area contributed by atoms with Gasteiger partial charge in [-0.25, -0.2) is 9.88 Å². The summed E-state index contributed by atoms with van der Waals surface area (Å²) in [6.45, 7) is 7.99. The molecular weight excluding hydrogens is 388 g/mol. The number of rotatable bonds is 8. The van der Waals surface area contributed by atoms with Gasteiger partial charge in [-0.05, 0) is 26.2 Å². The quantitative estimate of drug-likeness (QED) is 0.608. The third-order valence-electron chi connectivity index (χ3n) is 4.93. The van der Waals surface area contributed by atoms with Crippen molar-refractivity contribution in [2.24, 2.45) is 5.92 Å². The van der Waals surface area contributed by atoms with E-state index in [2.05, 4.69) is 13.8 Å². The number of esters is 2. The predicted molar refractivity (Wildman–Crippen MR) is 112 cm³/mol. The van der Waals surface area contributed by atoms with E-state index < -0.39 is 18.3 Å². The van der Waals surface area contributed by atoms with Crippen molar-refractivity contribution in [3.8, 4) is 10.6 Å². The van der Waals surface area contributed by atoms with Crippen LogP contribution in [-0.4, -0.2) is 46.7 Å². The Balaban J connectivity index is 1.87. The number of hydrogen-bond donors (Lipinski definition) is 0. The zero-order chi connectivity index (χ0) is 21.0. The summed E-state index contributed by atoms with van der Waals surface area (Å²) in [5.41, 5.74) is 1.85. The molecule has 1 unspecified atom stereocenters. The van der Waals surface area contributed by atoms with E-state index in [4.69, 9.17) is 14.5 Å². The van der Waals surface area contributed by atoms with Crippen molar-refractivity contribution in [2.75, 3.05) is 6.61 Å². The fourth-order valence-electron chi connectivity index (χ4n) is 3.68. The second-order valence-electron chi connectivity index (χ2n) is 7.61. The summed E-state index contributed by atoms with van der Waals surface area (Å²) in [7, 11) is 0. The van der Waals surface area contributed by atoms with Crippen LogP contribution in [0.25, 0.3) is 10.6 Å². The van der Waals surface area contributed by atoms with E-state index in [1.807, 2.05) is 40.6 Å². The molecule has 0 N–H and O–H groups in total. The first-order valence-corrected chi connectivity index (χ1v) is 10.9. The van der Waals surface area contributed by atoms with Gasteiger partial charge in [0.25, 0.3) is 0 Å². The van der Waals surface area contributed by atoms with E-state index in [1.54, 1.807) is 25.2 Å². The van der Waals surface area contributed by atoms with Crippen LogP contribution in [0.1, 0.15) is 39.8 Å². The highest BCUT2D eigenvalue weighted by atomic mass is 32.1. The number of thiazole rings is 1. The summed E-state index contributed by atoms with van der Waals surface area (Å²) in [5, 5.41) is 2.87. The van der Waals surface area contributed by atoms with Gasteiger partial charge in [0.05, 0.1) is 12.3 Å². The van der Waals surface area contributed by atoms with Gasteiger partial charge >= 0.3 is 11.9 Å². The molecule has 2 heterocycles. The monoisotopic (exact) mass is 416 g/mol. The minimum Gasteiger partial charge on any atom is -0.465 e. The number of carbonyl (C=O) groups excluding carboxylic acids is 2. The van der Waals surface area contributed by atoms with Crippen molar-refractivity contribution in [3.63, 3.8) is 0 Å². The average Bonchev–Trinajstić information content (AvgIpc) is 3.25. The first kappa shape index (κ1) is 21.5. The van der Waals surface area contributed by atoms with Crippen LogP contribution in [0.15, 0.2) is 35.7 Å². The van der Waals surface area contributed by atoms with E-state index >= 15 is 0 Å². The molecule has 0 radical (unpaired) electrons. The van der Waals surface area contributed by atoms with Crippen LogP contribution in [0.3, 0.4) is 0 Å². The highest BCUT2D eigenvalue weighted by Gasteiger charge is 2.46. The lowest BCUT2D eigenvalue weighted by Crippen LogP contribution is -2.50. The van der Waals surface area contributed by atoms with Crippen molar-refractivity contribution in [3.05, 3.63) is 41.4 Å². The largest absolute Gasteiger partial charge is 0.465 e. The van der Waals surface area contributed by atoms with E-state index in [9.17, 15) is 9.59 Å². The van der Waals surface area contributed by atoms with Gasteiger partial charge in [0.1, 0.15) is 17.1 Å². The summed E-state index contributed by atoms with van der Waals surface area (Å²) in [6, 6.07) is 8.87. The molecule has 7 heteroatoms. The van der Waals surface area contributed by atoms with Crippen LogP contribution in [0.4, 0.5) is 0 Å². The number of benzene rings is 1. The Morgan fingerprint density at radius 3 is 2.69 bits per heavy atom. The van der Waals surface area contributed by atoms with Gasteiger partial charge in [-0.3, -0.25) is 9.59 Å². The van der Waals surface area contributed by atoms with Gasteiger partial charge in [0.15, 0.2) is 6.23 Å². The number of cyclic esters (lactones) is 1. The molecule has 1 fully saturated rings. The summed E-state index contributed by atoms with van der Waals surface area (Å²) in [6.07, 6.45) is 0.524. The van der Waals surface area contributed by atoms with Gasteiger partial charge in [0, 0.05) is 17.4 Å². The molecule has 2 aromatic rings. The van der Waals surface area contributed by atoms with Gasteiger partial charge in [-0.15, -0.1) is 11.3 Å². The van der Waals surface area contributed by atoms with E-state index in [0.29, 0.717) is 18.8 Å². The van der Waals surface area contributed by atoms with Gasteiger partial charge in [-0.1, -0.05) is 44.2 Å². The maximum absolute atomic E-state index is 12.8. The third-order valence-corrected chi connectivity index (χ3v) is 5.87. The molecule has 3 rings (SSSR count). The first-order valence-electron chi connectivity index (χ1n) is 10.0. The molecule has 0 amide bonds. The molecule has 1 aromatic heterocycles. The van der Waals surface area contributed by atoms with Crippen LogP contribution >= 0.6 is 11.3 Å². The molecule has 29 heavy (non-hydrogen) atoms. The van der Waals surface area contributed by atoms with Gasteiger partial charge in [0.2, 0.25) is 0 Å². The maximum Gasteiger partial charge on any atom is 0.325 e. The summed E-state index contributed by atoms with van der Waals surface area (Å²) < 4.78 is 10.8. The lowest BCUT2D eigenvalue weighted by molar-refractivity contribution is -0.153. The molecule has 156 valence electrons. The summed E-state index contributed by atoms with van der Waals surface area (Å²) in [4.78, 5) is 31.9. The Morgan fingerprint density at radius 2 is 2.03 bits per heavy atom. The van der Waals surface area contributed by atoms with E-state index in [-0.39, 0.29) is 18.5 Å². The molecule has 0 saturated carbocycles. The molecule has 1 saturated heterocycles. The fraction of sp³-hybridized carbons (Fsp3) is 0.500. The van der Waals surface area contributed by atoms with E-state index in [0.717, 1.165) is 16.3 Å². The zero-order valence-electron chi connectivity index (χ0n) is 17.3. The number of aromatic nitrogens is 1. The fourth-order valence-corrected chi connectivity index (χ4v) is 4.52. The van der Waals surface area contributed by atoms with E-state index in [1.165, 1.54) is 0 Å². The Kier molecular flexibility index (Phi) is 7.03. The highest BCUT2D eigenvalue weighted by molar-refractivity contribution is 7.13. The normalized spacial score (nSPS) is 20.7. The third kappa shape index (κ3) is 5.03. The molecule has 3 atom stereocenters. The molecular formula is C22H28N2O4S. The second kappa shape index (κ2) is 9.50. The van der Waals surface area contributed by atoms with Gasteiger partial charge in [-0.2, -0.15) is 0 Å². The number of carbonyl (C=O) groups is 2. The maximum atomic E-state index is 12.8. The molecule has 0 aliphatic carbocycles. The molecule has 0 spiro atoms. The number of hydrogen-bond acceptors (Lipinski definition) is 7. The standard InChI is InChI=1S/C22H28N2O4S/c1-5-27-21(25)19(24-15(4)28-22(26)18(24)11-14(2)3)12-17-13-29-20(23-17)16-9-7-6-8-10-16/h6-10,13-15,18-19H,5,11-12H2,1-4H3/t15?,18-,19-/m0/s1. The Morgan fingerprint density at radius 1 is 1.31 bits per heavy atom. The smallest absolute Gasteiger partial charge is 0.325 e. The second-order valence-corrected chi connectivity index (χ2v) is 8.47. The van der Waals surface area contributed by atoms with Crippen molar-refractivity contribution in [1.29, 1.82) is 0 Å². The lowest BCUT2D eigenvalue weighted by atomic mass is 10.00. The minimum absolute atomic E-state index is 0.274. The molecule has 6 nitrogen and oxygen atoms in total. The number of ether oxygens (including phenoxy) is 2. The van der Waals surface area contributed by atoms with Crippen LogP contribution in [0, 0.1) is 5.92 Å². The Bertz CT molecular complexity index is 836. The molecule has 1 aliphatic rings. The van der Waals surface area contributed by atoms with Crippen LogP contribution in [-0.2, 0) is 25.5 Å². The Labute approximate surface area is 175 Å². The van der Waals surface area contributed by atoms with Crippen LogP contribution in [0.5, 0.6) is 0 Å². The highest BCUT2D eigenvalue weighted by Crippen LogP contribution is 2.30. The van der Waals surface area contributed by atoms with Gasteiger partial charge < -0.3 is 9.47 Å². The molecule has 0 bridgehead atoms.